The molecule has 0 atom stereocenters. The van der Waals surface area contributed by atoms with Crippen LogP contribution in [-0.2, 0) is 0 Å². The second-order valence-corrected chi connectivity index (χ2v) is 40.3. The highest BCUT2D eigenvalue weighted by molar-refractivity contribution is 7.27. The highest BCUT2D eigenvalue weighted by Crippen LogP contribution is 2.56. The molecule has 30 rings (SSSR count). The van der Waals surface area contributed by atoms with E-state index >= 15 is 0 Å². The lowest BCUT2D eigenvalue weighted by Crippen LogP contribution is -2.02. The zero-order valence-electron chi connectivity index (χ0n) is 79.7. The summed E-state index contributed by atoms with van der Waals surface area (Å²) < 4.78 is 9.82. The topological polar surface area (TPSA) is 108 Å². The number of hydrogen-bond donors (Lipinski definition) is 0. The molecule has 7 heterocycles. The molecular weight excluding hydrogens is 1860 g/mol. The third-order valence-electron chi connectivity index (χ3n) is 28.6. The molecule has 0 saturated heterocycles. The number of fused-ring (bicyclic) bond motifs is 19. The van der Waals surface area contributed by atoms with Gasteiger partial charge in [0.2, 0.25) is 0 Å². The third-order valence-corrected chi connectivity index (χ3v) is 32.2. The first kappa shape index (κ1) is 87.0. The van der Waals surface area contributed by atoms with Gasteiger partial charge in [-0.3, -0.25) is 0 Å². The van der Waals surface area contributed by atoms with Gasteiger partial charge in [-0.15, -0.1) is 34.0 Å². The Balaban J connectivity index is 0.000000107. The Bertz CT molecular complexity index is 10400. The van der Waals surface area contributed by atoms with Gasteiger partial charge in [0.15, 0.2) is 34.9 Å². The lowest BCUT2D eigenvalue weighted by atomic mass is 9.87. The van der Waals surface area contributed by atoms with E-state index in [9.17, 15) is 0 Å². The minimum absolute atomic E-state index is 0.652. The molecule has 0 saturated carbocycles. The molecule has 0 amide bonds. The molecule has 0 fully saturated rings. The van der Waals surface area contributed by atoms with Crippen molar-refractivity contribution >= 4 is 181 Å². The average molecular weight is 1940 g/mol. The van der Waals surface area contributed by atoms with E-state index in [0.29, 0.717) is 34.9 Å². The molecule has 0 unspecified atom stereocenters. The second kappa shape index (κ2) is 36.9. The van der Waals surface area contributed by atoms with Gasteiger partial charge >= 0.3 is 0 Å². The van der Waals surface area contributed by atoms with E-state index in [0.717, 1.165) is 99.5 Å². The molecule has 12 heteroatoms. The lowest BCUT2D eigenvalue weighted by Gasteiger charge is -2.18. The molecule has 0 aliphatic carbocycles. The average Bonchev–Trinajstić information content (AvgIpc) is 1.55. The van der Waals surface area contributed by atoms with Crippen LogP contribution < -0.4 is 0 Å². The second-order valence-electron chi connectivity index (χ2n) is 37.2. The smallest absolute Gasteiger partial charge is 0.165 e. The molecule has 690 valence electrons. The van der Waals surface area contributed by atoms with Crippen molar-refractivity contribution in [1.82, 2.24) is 44.4 Å². The van der Waals surface area contributed by atoms with Crippen LogP contribution in [0.15, 0.2) is 504 Å². The highest BCUT2D eigenvalue weighted by Gasteiger charge is 2.31. The molecule has 9 nitrogen and oxygen atoms in total. The summed E-state index contributed by atoms with van der Waals surface area (Å²) in [7, 11) is 0. The first-order valence-electron chi connectivity index (χ1n) is 49.8. The maximum absolute atomic E-state index is 5.43. The van der Waals surface area contributed by atoms with Crippen molar-refractivity contribution < 1.29 is 0 Å². The summed E-state index contributed by atoms with van der Waals surface area (Å²) in [4.78, 5) is 42.2. The van der Waals surface area contributed by atoms with Gasteiger partial charge in [0.05, 0.1) is 33.5 Å². The Morgan fingerprint density at radius 1 is 0.162 bits per heavy atom. The van der Waals surface area contributed by atoms with Crippen molar-refractivity contribution in [2.45, 2.75) is 0 Å². The SMILES string of the molecule is c1ccc(-c2cccc(-c3c4ccccc4c(-c4nc5ccccc5nc4-c4ccccc4)c4sc5ccccc5c34)c2)cc1.c1ccc(-c2nc(-c3cccc4ccc5ccccc5c34)nc(-c3c4ccccc4c(-c4ccccc4)c4sc5ccccc5c34)n2)cc1.c1ccc(-c2nc(-c3ccccc3)nc(-c3c4ccccc4c(-c4cccc5c4c4ccccc4n5-c4ccccc4)c4sc5ccccc5c34)n2)cc1. The molecule has 0 bridgehead atoms. The summed E-state index contributed by atoms with van der Waals surface area (Å²) >= 11 is 5.54. The molecular formula is C136H83N9S3. The Kier molecular flexibility index (Phi) is 21.7. The lowest BCUT2D eigenvalue weighted by molar-refractivity contribution is 1.08. The number of rotatable bonds is 13. The molecule has 0 aliphatic rings. The van der Waals surface area contributed by atoms with E-state index in [2.05, 4.69) is 441 Å². The first-order valence-corrected chi connectivity index (χ1v) is 52.2. The fourth-order valence-corrected chi connectivity index (χ4v) is 26.0. The van der Waals surface area contributed by atoms with Crippen molar-refractivity contribution in [3.05, 3.63) is 504 Å². The fourth-order valence-electron chi connectivity index (χ4n) is 22.1. The van der Waals surface area contributed by atoms with Crippen LogP contribution in [0.4, 0.5) is 0 Å². The predicted octanol–water partition coefficient (Wildman–Crippen LogP) is 37.3. The van der Waals surface area contributed by atoms with Crippen molar-refractivity contribution in [1.29, 1.82) is 0 Å². The molecule has 30 aromatic rings. The number of thiophene rings is 3. The van der Waals surface area contributed by atoms with Crippen LogP contribution in [0, 0.1) is 0 Å². The number of aromatic nitrogens is 9. The van der Waals surface area contributed by atoms with E-state index in [-0.39, 0.29) is 0 Å². The van der Waals surface area contributed by atoms with Crippen LogP contribution in [0.2, 0.25) is 0 Å². The van der Waals surface area contributed by atoms with Crippen LogP contribution in [0.3, 0.4) is 0 Å². The van der Waals surface area contributed by atoms with E-state index in [1.807, 2.05) is 101 Å². The zero-order valence-corrected chi connectivity index (χ0v) is 82.1. The minimum atomic E-state index is 0.652. The molecule has 23 aromatic carbocycles. The maximum Gasteiger partial charge on any atom is 0.165 e. The standard InChI is InChI=1S/C49H30N4S.C45H27N3S.C42H26N2S/c1-4-17-31(18-5-1)47-50-48(32-19-6-2-7-20-32)52-49(51-47)45-35-24-11-10-23-34(35)43(46-44(45)37-26-13-15-30-41(37)54-46)38-27-16-29-40-42(38)36-25-12-14-28-39(36)53(40)33-21-8-3-9-22-33;1-3-15-29(16-4-1)39-33-21-9-10-22-34(33)41(40-35-23-11-12-25-37(35)49-42(39)40)45-47-43(31-17-5-2-6-18-31)46-44(48-45)36-24-13-19-30-27-26-28-14-7-8-20-32(28)38(30)36;1-3-14-27(15-4-1)29-18-13-19-30(26-29)37-31-20-7-8-21-32(31)39(42-38(37)33-22-9-12-25-36(33)45-42)41-40(28-16-5-2-6-17-28)43-34-23-10-11-24-35(34)44-41/h1-30H;1-27H;1-26H. The molecule has 7 aromatic heterocycles. The van der Waals surface area contributed by atoms with Crippen LogP contribution in [0.1, 0.15) is 0 Å². The molecule has 0 spiro atoms. The van der Waals surface area contributed by atoms with E-state index < -0.39 is 0 Å². The van der Waals surface area contributed by atoms with Gasteiger partial charge in [-0.25, -0.2) is 39.9 Å². The Hall–Kier alpha value is -18.8. The van der Waals surface area contributed by atoms with Crippen molar-refractivity contribution in [2.24, 2.45) is 0 Å². The van der Waals surface area contributed by atoms with Gasteiger partial charge in [0.25, 0.3) is 0 Å². The molecule has 0 N–H and O–H groups in total. The van der Waals surface area contributed by atoms with Crippen LogP contribution in [0.25, 0.3) is 288 Å². The summed E-state index contributed by atoms with van der Waals surface area (Å²) in [6.45, 7) is 0. The van der Waals surface area contributed by atoms with Crippen LogP contribution in [-0.4, -0.2) is 44.4 Å². The number of para-hydroxylation sites is 4. The largest absolute Gasteiger partial charge is 0.309 e. The van der Waals surface area contributed by atoms with Crippen molar-refractivity contribution in [2.75, 3.05) is 0 Å². The van der Waals surface area contributed by atoms with E-state index in [1.54, 1.807) is 0 Å². The van der Waals surface area contributed by atoms with Gasteiger partial charge in [0.1, 0.15) is 0 Å². The van der Waals surface area contributed by atoms with Crippen molar-refractivity contribution in [3.8, 4) is 141 Å². The fraction of sp³-hybridized carbons (Fsp3) is 0. The van der Waals surface area contributed by atoms with E-state index in [4.69, 9.17) is 39.9 Å². The monoisotopic (exact) mass is 1940 g/mol. The van der Waals surface area contributed by atoms with Crippen LogP contribution in [0.5, 0.6) is 0 Å². The number of benzene rings is 23. The Labute approximate surface area is 863 Å². The summed E-state index contributed by atoms with van der Waals surface area (Å²) in [5.41, 5.74) is 25.0. The minimum Gasteiger partial charge on any atom is -0.309 e. The van der Waals surface area contributed by atoms with Gasteiger partial charge in [0, 0.05) is 138 Å². The maximum atomic E-state index is 5.43. The normalized spacial score (nSPS) is 11.6. The molecule has 148 heavy (non-hydrogen) atoms. The van der Waals surface area contributed by atoms with Gasteiger partial charge in [-0.1, -0.05) is 443 Å². The third kappa shape index (κ3) is 15.0. The number of hydrogen-bond acceptors (Lipinski definition) is 11. The predicted molar refractivity (Wildman–Crippen MR) is 625 cm³/mol. The Morgan fingerprint density at radius 2 is 0.500 bits per heavy atom. The summed E-state index contributed by atoms with van der Waals surface area (Å²) in [6, 6.07) is 178. The summed E-state index contributed by atoms with van der Waals surface area (Å²) in [5.74, 6) is 3.96. The molecule has 0 aliphatic heterocycles. The first-order chi connectivity index (χ1) is 73.5. The molecule has 0 radical (unpaired) electrons. The van der Waals surface area contributed by atoms with Crippen LogP contribution >= 0.6 is 34.0 Å². The quantitative estimate of drug-likeness (QED) is 0.105. The van der Waals surface area contributed by atoms with Gasteiger partial charge < -0.3 is 4.57 Å². The highest BCUT2D eigenvalue weighted by atomic mass is 32.1. The van der Waals surface area contributed by atoms with Gasteiger partial charge in [-0.2, -0.15) is 0 Å². The Morgan fingerprint density at radius 3 is 1.05 bits per heavy atom. The summed E-state index contributed by atoms with van der Waals surface area (Å²) in [5, 5.41) is 21.4. The van der Waals surface area contributed by atoms with E-state index in [1.165, 1.54) is 154 Å². The van der Waals surface area contributed by atoms with Crippen molar-refractivity contribution in [3.63, 3.8) is 0 Å². The van der Waals surface area contributed by atoms with Gasteiger partial charge in [-0.05, 0) is 143 Å². The zero-order chi connectivity index (χ0) is 97.6. The summed E-state index contributed by atoms with van der Waals surface area (Å²) in [6.07, 6.45) is 0. The number of nitrogens with zero attached hydrogens (tertiary/aromatic N) is 9.